The minimum Gasteiger partial charge on any atom is -0.466 e. The second-order valence-electron chi connectivity index (χ2n) is 5.82. The lowest BCUT2D eigenvalue weighted by Crippen LogP contribution is -2.20. The van der Waals surface area contributed by atoms with Crippen LogP contribution >= 0.6 is 0 Å². The summed E-state index contributed by atoms with van der Waals surface area (Å²) in [7, 11) is 0. The molecule has 4 nitrogen and oxygen atoms in total. The molecule has 0 aliphatic carbocycles. The Morgan fingerprint density at radius 1 is 0.750 bits per heavy atom. The number of hydrogen-bond donors (Lipinski definition) is 0. The van der Waals surface area contributed by atoms with Gasteiger partial charge in [-0.15, -0.1) is 0 Å². The molecule has 0 spiro atoms. The summed E-state index contributed by atoms with van der Waals surface area (Å²) in [5.41, 5.74) is 0. The molecule has 0 unspecified atom stereocenters. The highest BCUT2D eigenvalue weighted by atomic mass is 19.4. The number of halogens is 3. The van der Waals surface area contributed by atoms with Crippen molar-refractivity contribution in [2.75, 3.05) is 13.2 Å². The summed E-state index contributed by atoms with van der Waals surface area (Å²) < 4.78 is 44.4. The Bertz CT molecular complexity index is 343. The molecule has 0 bridgehead atoms. The number of alkyl halides is 3. The van der Waals surface area contributed by atoms with Crippen molar-refractivity contribution in [2.45, 2.75) is 83.7 Å². The molecule has 0 rings (SSSR count). The lowest BCUT2D eigenvalue weighted by atomic mass is 10.1. The van der Waals surface area contributed by atoms with E-state index in [0.717, 1.165) is 19.3 Å². The first-order valence-corrected chi connectivity index (χ1v) is 8.73. The van der Waals surface area contributed by atoms with Crippen molar-refractivity contribution in [3.63, 3.8) is 0 Å². The SMILES string of the molecule is CCCCCCCCCCCOC(=O)CCC(=O)OCC(F)(F)F. The summed E-state index contributed by atoms with van der Waals surface area (Å²) >= 11 is 0. The number of rotatable bonds is 14. The first-order valence-electron chi connectivity index (χ1n) is 8.73. The van der Waals surface area contributed by atoms with E-state index in [1.165, 1.54) is 38.5 Å². The van der Waals surface area contributed by atoms with Crippen LogP contribution < -0.4 is 0 Å². The zero-order valence-corrected chi connectivity index (χ0v) is 14.5. The molecular formula is C17H29F3O4. The summed E-state index contributed by atoms with van der Waals surface area (Å²) in [6, 6.07) is 0. The van der Waals surface area contributed by atoms with Crippen LogP contribution in [0.5, 0.6) is 0 Å². The second-order valence-corrected chi connectivity index (χ2v) is 5.82. The van der Waals surface area contributed by atoms with Crippen LogP contribution in [-0.2, 0) is 19.1 Å². The molecule has 0 aromatic carbocycles. The van der Waals surface area contributed by atoms with Crippen LogP contribution in [0.25, 0.3) is 0 Å². The van der Waals surface area contributed by atoms with E-state index in [0.29, 0.717) is 0 Å². The van der Waals surface area contributed by atoms with E-state index in [1.807, 2.05) is 0 Å². The highest BCUT2D eigenvalue weighted by Crippen LogP contribution is 2.15. The second kappa shape index (κ2) is 14.1. The third kappa shape index (κ3) is 17.1. The molecule has 0 aromatic heterocycles. The van der Waals surface area contributed by atoms with E-state index >= 15 is 0 Å². The van der Waals surface area contributed by atoms with E-state index in [1.54, 1.807) is 0 Å². The molecule has 0 aromatic rings. The molecule has 0 radical (unpaired) electrons. The third-order valence-corrected chi connectivity index (χ3v) is 3.44. The first-order chi connectivity index (χ1) is 11.3. The zero-order valence-electron chi connectivity index (χ0n) is 14.5. The molecule has 0 atom stereocenters. The quantitative estimate of drug-likeness (QED) is 0.327. The fourth-order valence-corrected chi connectivity index (χ4v) is 2.11. The van der Waals surface area contributed by atoms with Crippen LogP contribution in [0.2, 0.25) is 0 Å². The molecule has 0 heterocycles. The van der Waals surface area contributed by atoms with E-state index in [4.69, 9.17) is 4.74 Å². The summed E-state index contributed by atoms with van der Waals surface area (Å²) in [6.45, 7) is 0.846. The molecular weight excluding hydrogens is 325 g/mol. The molecule has 0 fully saturated rings. The van der Waals surface area contributed by atoms with Crippen molar-refractivity contribution < 1.29 is 32.2 Å². The van der Waals surface area contributed by atoms with Crippen molar-refractivity contribution >= 4 is 11.9 Å². The van der Waals surface area contributed by atoms with Gasteiger partial charge in [0.2, 0.25) is 0 Å². The number of ether oxygens (including phenoxy) is 2. The zero-order chi connectivity index (χ0) is 18.3. The van der Waals surface area contributed by atoms with Crippen LogP contribution in [0.4, 0.5) is 13.2 Å². The maximum atomic E-state index is 11.8. The average molecular weight is 354 g/mol. The third-order valence-electron chi connectivity index (χ3n) is 3.44. The highest BCUT2D eigenvalue weighted by Gasteiger charge is 2.29. The minimum absolute atomic E-state index is 0.256. The molecule has 0 amide bonds. The number of esters is 2. The topological polar surface area (TPSA) is 52.6 Å². The lowest BCUT2D eigenvalue weighted by Gasteiger charge is -2.08. The number of carbonyl (C=O) groups is 2. The van der Waals surface area contributed by atoms with E-state index in [9.17, 15) is 22.8 Å². The van der Waals surface area contributed by atoms with Gasteiger partial charge in [-0.1, -0.05) is 58.3 Å². The van der Waals surface area contributed by atoms with Gasteiger partial charge in [-0.2, -0.15) is 13.2 Å². The molecule has 0 aliphatic heterocycles. The van der Waals surface area contributed by atoms with Crippen molar-refractivity contribution in [1.29, 1.82) is 0 Å². The predicted molar refractivity (Wildman–Crippen MR) is 84.4 cm³/mol. The number of hydrogen-bond acceptors (Lipinski definition) is 4. The molecule has 0 saturated heterocycles. The Morgan fingerprint density at radius 3 is 1.71 bits per heavy atom. The molecule has 7 heteroatoms. The van der Waals surface area contributed by atoms with Gasteiger partial charge in [-0.05, 0) is 6.42 Å². The van der Waals surface area contributed by atoms with E-state index in [2.05, 4.69) is 11.7 Å². The van der Waals surface area contributed by atoms with Gasteiger partial charge in [0.25, 0.3) is 0 Å². The Labute approximate surface area is 142 Å². The normalized spacial score (nSPS) is 11.3. The van der Waals surface area contributed by atoms with Gasteiger partial charge in [-0.25, -0.2) is 0 Å². The fourth-order valence-electron chi connectivity index (χ4n) is 2.11. The Hall–Kier alpha value is -1.27. The van der Waals surface area contributed by atoms with Crippen LogP contribution in [0.3, 0.4) is 0 Å². The monoisotopic (exact) mass is 354 g/mol. The van der Waals surface area contributed by atoms with Crippen LogP contribution in [0, 0.1) is 0 Å². The van der Waals surface area contributed by atoms with Gasteiger partial charge < -0.3 is 9.47 Å². The van der Waals surface area contributed by atoms with E-state index in [-0.39, 0.29) is 13.0 Å². The van der Waals surface area contributed by atoms with Gasteiger partial charge in [0.15, 0.2) is 6.61 Å². The maximum absolute atomic E-state index is 11.8. The van der Waals surface area contributed by atoms with Gasteiger partial charge in [0.1, 0.15) is 0 Å². The summed E-state index contributed by atoms with van der Waals surface area (Å²) in [5.74, 6) is -1.63. The van der Waals surface area contributed by atoms with Crippen molar-refractivity contribution in [1.82, 2.24) is 0 Å². The number of unbranched alkanes of at least 4 members (excludes halogenated alkanes) is 8. The Balaban J connectivity index is 3.39. The van der Waals surface area contributed by atoms with Crippen molar-refractivity contribution in [3.05, 3.63) is 0 Å². The standard InChI is InChI=1S/C17H29F3O4/c1-2-3-4-5-6-7-8-9-10-13-23-15(21)11-12-16(22)24-14-17(18,19)20/h2-14H2,1H3. The van der Waals surface area contributed by atoms with E-state index < -0.39 is 31.1 Å². The maximum Gasteiger partial charge on any atom is 0.422 e. The van der Waals surface area contributed by atoms with Gasteiger partial charge in [0.05, 0.1) is 19.4 Å². The van der Waals surface area contributed by atoms with Crippen LogP contribution in [0.1, 0.15) is 77.6 Å². The minimum atomic E-state index is -4.55. The lowest BCUT2D eigenvalue weighted by molar-refractivity contribution is -0.186. The molecule has 0 saturated carbocycles. The first kappa shape index (κ1) is 22.7. The fraction of sp³-hybridized carbons (Fsp3) is 0.882. The Morgan fingerprint density at radius 2 is 1.21 bits per heavy atom. The largest absolute Gasteiger partial charge is 0.466 e. The van der Waals surface area contributed by atoms with Crippen molar-refractivity contribution in [3.8, 4) is 0 Å². The molecule has 24 heavy (non-hydrogen) atoms. The summed E-state index contributed by atoms with van der Waals surface area (Å²) in [5, 5.41) is 0. The average Bonchev–Trinajstić information content (AvgIpc) is 2.52. The van der Waals surface area contributed by atoms with Crippen LogP contribution in [0.15, 0.2) is 0 Å². The Kier molecular flexibility index (Phi) is 13.4. The summed E-state index contributed by atoms with van der Waals surface area (Å²) in [4.78, 5) is 22.3. The van der Waals surface area contributed by atoms with Gasteiger partial charge in [0, 0.05) is 0 Å². The predicted octanol–water partition coefficient (Wildman–Crippen LogP) is 4.95. The number of carbonyl (C=O) groups excluding carboxylic acids is 2. The van der Waals surface area contributed by atoms with Crippen LogP contribution in [-0.4, -0.2) is 31.3 Å². The molecule has 0 N–H and O–H groups in total. The van der Waals surface area contributed by atoms with Gasteiger partial charge in [-0.3, -0.25) is 9.59 Å². The smallest absolute Gasteiger partial charge is 0.422 e. The molecule has 142 valence electrons. The van der Waals surface area contributed by atoms with Crippen molar-refractivity contribution in [2.24, 2.45) is 0 Å². The van der Waals surface area contributed by atoms with Gasteiger partial charge >= 0.3 is 18.1 Å². The summed E-state index contributed by atoms with van der Waals surface area (Å²) in [6.07, 6.45) is 5.16. The highest BCUT2D eigenvalue weighted by molar-refractivity contribution is 5.77. The molecule has 0 aliphatic rings.